The van der Waals surface area contributed by atoms with Gasteiger partial charge in [0.1, 0.15) is 12.4 Å². The van der Waals surface area contributed by atoms with E-state index in [9.17, 15) is 4.79 Å². The zero-order valence-electron chi connectivity index (χ0n) is 10.1. The lowest BCUT2D eigenvalue weighted by Crippen LogP contribution is -2.23. The van der Waals surface area contributed by atoms with E-state index in [-0.39, 0.29) is 5.56 Å². The van der Waals surface area contributed by atoms with Crippen LogP contribution in [0.2, 0.25) is 0 Å². The molecular weight excluding hydrogens is 246 g/mol. The number of carbonyl (C=O) groups excluding carboxylic acids is 1. The lowest BCUT2D eigenvalue weighted by atomic mass is 10.2. The maximum atomic E-state index is 11.5. The first-order chi connectivity index (χ1) is 9.18. The summed E-state index contributed by atoms with van der Waals surface area (Å²) in [6.07, 6.45) is 0. The van der Waals surface area contributed by atoms with E-state index in [0.29, 0.717) is 12.4 Å². The first kappa shape index (κ1) is 13.1. The number of hydrogen-bond donors (Lipinski definition) is 2. The molecule has 2 aromatic rings. The molecule has 19 heavy (non-hydrogen) atoms. The minimum absolute atomic E-state index is 0.0865. The van der Waals surface area contributed by atoms with Crippen LogP contribution >= 0.6 is 0 Å². The maximum absolute atomic E-state index is 11.5. The fourth-order valence-electron chi connectivity index (χ4n) is 1.61. The van der Waals surface area contributed by atoms with Gasteiger partial charge in [0.05, 0.1) is 5.56 Å². The highest BCUT2D eigenvalue weighted by Gasteiger charge is 2.16. The first-order valence-electron chi connectivity index (χ1n) is 5.66. The van der Waals surface area contributed by atoms with Gasteiger partial charge in [-0.15, -0.1) is 0 Å². The van der Waals surface area contributed by atoms with Crippen molar-refractivity contribution in [1.82, 2.24) is 5.23 Å². The zero-order valence-corrected chi connectivity index (χ0v) is 10.1. The summed E-state index contributed by atoms with van der Waals surface area (Å²) < 4.78 is 5.52. The van der Waals surface area contributed by atoms with Gasteiger partial charge in [0.25, 0.3) is 0 Å². The van der Waals surface area contributed by atoms with Crippen molar-refractivity contribution in [2.45, 2.75) is 6.61 Å². The van der Waals surface area contributed by atoms with Crippen molar-refractivity contribution in [3.05, 3.63) is 65.7 Å². The molecule has 0 aliphatic carbocycles. The normalized spacial score (nSPS) is 10.0. The van der Waals surface area contributed by atoms with Crippen LogP contribution in [-0.4, -0.2) is 21.5 Å². The van der Waals surface area contributed by atoms with Crippen LogP contribution in [0.1, 0.15) is 15.9 Å². The second kappa shape index (κ2) is 5.99. The van der Waals surface area contributed by atoms with Gasteiger partial charge in [-0.3, -0.25) is 15.2 Å². The van der Waals surface area contributed by atoms with Crippen molar-refractivity contribution in [3.8, 4) is 5.75 Å². The van der Waals surface area contributed by atoms with Crippen LogP contribution in [0.3, 0.4) is 0 Å². The van der Waals surface area contributed by atoms with E-state index >= 15 is 0 Å². The third-order valence-corrected chi connectivity index (χ3v) is 2.54. The number of hydrogen-bond acceptors (Lipinski definition) is 4. The van der Waals surface area contributed by atoms with Crippen LogP contribution in [-0.2, 0) is 6.61 Å². The zero-order chi connectivity index (χ0) is 13.7. The highest BCUT2D eigenvalue weighted by molar-refractivity contribution is 5.95. The van der Waals surface area contributed by atoms with Crippen LogP contribution in [0, 0.1) is 0 Å². The molecule has 2 aromatic carbocycles. The molecule has 0 aliphatic rings. The molecular formula is C14H13NO4. The van der Waals surface area contributed by atoms with Crippen LogP contribution in [0.15, 0.2) is 54.6 Å². The average Bonchev–Trinajstić information content (AvgIpc) is 2.45. The van der Waals surface area contributed by atoms with Crippen LogP contribution in [0.4, 0.5) is 0 Å². The van der Waals surface area contributed by atoms with E-state index in [1.165, 1.54) is 6.07 Å². The molecule has 5 heteroatoms. The van der Waals surface area contributed by atoms with Crippen molar-refractivity contribution in [1.29, 1.82) is 0 Å². The number of rotatable bonds is 4. The topological polar surface area (TPSA) is 70.0 Å². The number of para-hydroxylation sites is 1. The van der Waals surface area contributed by atoms with E-state index in [0.717, 1.165) is 5.56 Å². The van der Waals surface area contributed by atoms with Gasteiger partial charge >= 0.3 is 5.91 Å². The summed E-state index contributed by atoms with van der Waals surface area (Å²) in [6.45, 7) is 0.294. The van der Waals surface area contributed by atoms with E-state index in [1.807, 2.05) is 30.3 Å². The van der Waals surface area contributed by atoms with Crippen molar-refractivity contribution in [2.75, 3.05) is 0 Å². The fraction of sp³-hybridized carbons (Fsp3) is 0.0714. The molecule has 98 valence electrons. The molecule has 0 atom stereocenters. The first-order valence-corrected chi connectivity index (χ1v) is 5.66. The van der Waals surface area contributed by atoms with Gasteiger partial charge < -0.3 is 4.74 Å². The number of nitrogens with zero attached hydrogens (tertiary/aromatic N) is 1. The molecule has 0 saturated heterocycles. The summed E-state index contributed by atoms with van der Waals surface area (Å²) in [7, 11) is 0. The molecule has 0 saturated carbocycles. The van der Waals surface area contributed by atoms with Crippen molar-refractivity contribution in [3.63, 3.8) is 0 Å². The molecule has 2 rings (SSSR count). The van der Waals surface area contributed by atoms with Crippen LogP contribution in [0.5, 0.6) is 5.75 Å². The van der Waals surface area contributed by atoms with Crippen molar-refractivity contribution < 1.29 is 19.9 Å². The Kier molecular flexibility index (Phi) is 4.12. The Labute approximate surface area is 110 Å². The number of hydroxylamine groups is 2. The minimum atomic E-state index is -0.941. The minimum Gasteiger partial charge on any atom is -0.488 e. The molecule has 0 spiro atoms. The van der Waals surface area contributed by atoms with Gasteiger partial charge in [-0.05, 0) is 17.7 Å². The molecule has 0 radical (unpaired) electrons. The summed E-state index contributed by atoms with van der Waals surface area (Å²) in [4.78, 5) is 11.5. The van der Waals surface area contributed by atoms with Gasteiger partial charge in [-0.1, -0.05) is 47.7 Å². The molecule has 0 bridgehead atoms. The highest BCUT2D eigenvalue weighted by Crippen LogP contribution is 2.20. The van der Waals surface area contributed by atoms with Gasteiger partial charge in [0.2, 0.25) is 0 Å². The Bertz CT molecular complexity index is 554. The molecule has 0 aromatic heterocycles. The monoisotopic (exact) mass is 259 g/mol. The van der Waals surface area contributed by atoms with Crippen LogP contribution < -0.4 is 4.74 Å². The number of ether oxygens (including phenoxy) is 1. The lowest BCUT2D eigenvalue weighted by Gasteiger charge is -2.12. The van der Waals surface area contributed by atoms with E-state index in [1.54, 1.807) is 18.2 Å². The highest BCUT2D eigenvalue weighted by atomic mass is 16.8. The summed E-state index contributed by atoms with van der Waals surface area (Å²) in [5.74, 6) is -0.645. The predicted molar refractivity (Wildman–Crippen MR) is 67.0 cm³/mol. The molecule has 5 nitrogen and oxygen atoms in total. The van der Waals surface area contributed by atoms with E-state index in [4.69, 9.17) is 15.2 Å². The smallest absolute Gasteiger partial charge is 0.307 e. The Morgan fingerprint density at radius 3 is 2.32 bits per heavy atom. The average molecular weight is 259 g/mol. The SMILES string of the molecule is O=C(c1ccccc1OCc1ccccc1)N(O)O. The summed E-state index contributed by atoms with van der Waals surface area (Å²) >= 11 is 0. The predicted octanol–water partition coefficient (Wildman–Crippen LogP) is 2.49. The third-order valence-electron chi connectivity index (χ3n) is 2.54. The fourth-order valence-corrected chi connectivity index (χ4v) is 1.61. The van der Waals surface area contributed by atoms with Gasteiger partial charge in [0.15, 0.2) is 0 Å². The number of carbonyl (C=O) groups is 1. The summed E-state index contributed by atoms with van der Waals surface area (Å²) in [5.41, 5.74) is 1.04. The van der Waals surface area contributed by atoms with Crippen molar-refractivity contribution in [2.24, 2.45) is 0 Å². The van der Waals surface area contributed by atoms with E-state index < -0.39 is 11.1 Å². The quantitative estimate of drug-likeness (QED) is 0.653. The Morgan fingerprint density at radius 2 is 1.63 bits per heavy atom. The van der Waals surface area contributed by atoms with Crippen molar-refractivity contribution >= 4 is 5.91 Å². The molecule has 0 unspecified atom stereocenters. The molecule has 0 aliphatic heterocycles. The third kappa shape index (κ3) is 3.31. The second-order valence-electron chi connectivity index (χ2n) is 3.87. The number of amides is 1. The molecule has 0 fully saturated rings. The Hall–Kier alpha value is -2.37. The maximum Gasteiger partial charge on any atom is 0.307 e. The summed E-state index contributed by atoms with van der Waals surface area (Å²) in [5, 5.41) is 17.1. The Balaban J connectivity index is 2.14. The van der Waals surface area contributed by atoms with Gasteiger partial charge in [0, 0.05) is 0 Å². The number of benzene rings is 2. The molecule has 0 heterocycles. The van der Waals surface area contributed by atoms with Gasteiger partial charge in [-0.25, -0.2) is 0 Å². The standard InChI is InChI=1S/C14H13NO4/c16-14(15(17)18)12-8-4-5-9-13(12)19-10-11-6-2-1-3-7-11/h1-9,17-18H,10H2. The Morgan fingerprint density at radius 1 is 1.00 bits per heavy atom. The second-order valence-corrected chi connectivity index (χ2v) is 3.87. The summed E-state index contributed by atoms with van der Waals surface area (Å²) in [6, 6.07) is 15.8. The molecule has 1 amide bonds. The van der Waals surface area contributed by atoms with Gasteiger partial charge in [-0.2, -0.15) is 0 Å². The van der Waals surface area contributed by atoms with Crippen LogP contribution in [0.25, 0.3) is 0 Å². The molecule has 2 N–H and O–H groups in total. The van der Waals surface area contributed by atoms with E-state index in [2.05, 4.69) is 0 Å². The largest absolute Gasteiger partial charge is 0.488 e. The lowest BCUT2D eigenvalue weighted by molar-refractivity contribution is -0.260.